The Labute approximate surface area is 297 Å². The molecule has 0 aliphatic carbocycles. The molecular formula is C38H32ClN3O5S2. The molecule has 248 valence electrons. The number of ether oxygens (including phenoxy) is 1. The normalized spacial score (nSPS) is 11.0. The van der Waals surface area contributed by atoms with Gasteiger partial charge in [0, 0.05) is 32.1 Å². The lowest BCUT2D eigenvalue weighted by atomic mass is 10.0. The van der Waals surface area contributed by atoms with E-state index in [9.17, 15) is 19.2 Å². The average Bonchev–Trinajstić information content (AvgIpc) is 3.51. The number of esters is 1. The summed E-state index contributed by atoms with van der Waals surface area (Å²) in [5.41, 5.74) is 4.47. The highest BCUT2D eigenvalue weighted by atomic mass is 35.5. The van der Waals surface area contributed by atoms with Crippen molar-refractivity contribution in [3.8, 4) is 11.1 Å². The third-order valence-corrected chi connectivity index (χ3v) is 9.16. The number of benzene rings is 4. The Hall–Kier alpha value is -5.16. The van der Waals surface area contributed by atoms with E-state index in [4.69, 9.17) is 16.3 Å². The first kappa shape index (κ1) is 35.2. The Morgan fingerprint density at radius 3 is 2.37 bits per heavy atom. The van der Waals surface area contributed by atoms with Crippen LogP contribution < -0.4 is 16.0 Å². The van der Waals surface area contributed by atoms with E-state index in [2.05, 4.69) is 16.0 Å². The van der Waals surface area contributed by atoms with Crippen LogP contribution in [0.5, 0.6) is 0 Å². The van der Waals surface area contributed by atoms with Crippen molar-refractivity contribution in [2.24, 2.45) is 0 Å². The zero-order valence-corrected chi connectivity index (χ0v) is 29.0. The van der Waals surface area contributed by atoms with Gasteiger partial charge < -0.3 is 20.7 Å². The minimum Gasteiger partial charge on any atom is -0.462 e. The summed E-state index contributed by atoms with van der Waals surface area (Å²) < 4.78 is 5.31. The maximum Gasteiger partial charge on any atom is 0.341 e. The summed E-state index contributed by atoms with van der Waals surface area (Å²) in [7, 11) is 0. The lowest BCUT2D eigenvalue weighted by molar-refractivity contribution is -0.114. The van der Waals surface area contributed by atoms with E-state index < -0.39 is 17.8 Å². The summed E-state index contributed by atoms with van der Waals surface area (Å²) in [6.07, 6.45) is 1.55. The van der Waals surface area contributed by atoms with Crippen LogP contribution in [0.1, 0.15) is 38.8 Å². The van der Waals surface area contributed by atoms with E-state index in [-0.39, 0.29) is 24.0 Å². The van der Waals surface area contributed by atoms with Crippen LogP contribution in [0.4, 0.5) is 10.7 Å². The summed E-state index contributed by atoms with van der Waals surface area (Å²) in [5.74, 6) is -1.75. The standard InChI is InChI=1S/C38H32ClN3O5S2/c1-3-47-38(46)34-31(26-17-15-24(2)16-18-26)22-49-37(34)42-33(43)23-48-30-14-8-13-29(21-30)40-36(45)32(20-25-9-7-12-28(39)19-25)41-35(44)27-10-5-4-6-11-27/h4-22H,3,23H2,1-2H3,(H,40,45)(H,41,44)(H,42,43)/b32-20-. The van der Waals surface area contributed by atoms with Gasteiger partial charge in [-0.25, -0.2) is 4.79 Å². The molecule has 11 heteroatoms. The number of amides is 3. The number of thioether (sulfide) groups is 1. The van der Waals surface area contributed by atoms with Crippen LogP contribution in [0.15, 0.2) is 119 Å². The molecule has 8 nitrogen and oxygen atoms in total. The van der Waals surface area contributed by atoms with E-state index in [1.54, 1.807) is 85.8 Å². The molecule has 3 N–H and O–H groups in total. The van der Waals surface area contributed by atoms with Gasteiger partial charge in [0.25, 0.3) is 11.8 Å². The number of halogens is 1. The van der Waals surface area contributed by atoms with E-state index in [1.165, 1.54) is 23.1 Å². The van der Waals surface area contributed by atoms with Gasteiger partial charge in [-0.15, -0.1) is 23.1 Å². The highest BCUT2D eigenvalue weighted by Crippen LogP contribution is 2.36. The molecule has 5 aromatic rings. The fourth-order valence-corrected chi connectivity index (χ4v) is 6.61. The molecule has 0 unspecified atom stereocenters. The van der Waals surface area contributed by atoms with Gasteiger partial charge in [-0.1, -0.05) is 77.8 Å². The molecular weight excluding hydrogens is 678 g/mol. The van der Waals surface area contributed by atoms with E-state index in [0.29, 0.717) is 38.0 Å². The van der Waals surface area contributed by atoms with Crippen LogP contribution in [0.2, 0.25) is 5.02 Å². The summed E-state index contributed by atoms with van der Waals surface area (Å²) in [4.78, 5) is 53.2. The average molecular weight is 710 g/mol. The molecule has 0 radical (unpaired) electrons. The highest BCUT2D eigenvalue weighted by molar-refractivity contribution is 8.00. The summed E-state index contributed by atoms with van der Waals surface area (Å²) >= 11 is 8.68. The molecule has 0 atom stereocenters. The lowest BCUT2D eigenvalue weighted by Gasteiger charge is -2.12. The summed E-state index contributed by atoms with van der Waals surface area (Å²) in [6, 6.07) is 30.3. The van der Waals surface area contributed by atoms with Gasteiger partial charge in [0.05, 0.1) is 12.4 Å². The Bertz CT molecular complexity index is 2010. The fraction of sp³-hybridized carbons (Fsp3) is 0.105. The molecule has 0 saturated carbocycles. The van der Waals surface area contributed by atoms with Gasteiger partial charge in [-0.05, 0) is 73.5 Å². The van der Waals surface area contributed by atoms with Gasteiger partial charge in [-0.3, -0.25) is 14.4 Å². The van der Waals surface area contributed by atoms with Crippen LogP contribution in [0.3, 0.4) is 0 Å². The van der Waals surface area contributed by atoms with Gasteiger partial charge >= 0.3 is 5.97 Å². The second kappa shape index (κ2) is 16.8. The van der Waals surface area contributed by atoms with Crippen molar-refractivity contribution in [2.75, 3.05) is 23.0 Å². The first-order valence-electron chi connectivity index (χ1n) is 15.2. The molecule has 4 aromatic carbocycles. The van der Waals surface area contributed by atoms with Crippen molar-refractivity contribution in [1.82, 2.24) is 5.32 Å². The second-order valence-electron chi connectivity index (χ2n) is 10.7. The predicted octanol–water partition coefficient (Wildman–Crippen LogP) is 8.69. The number of hydrogen-bond donors (Lipinski definition) is 3. The number of anilines is 2. The van der Waals surface area contributed by atoms with Crippen molar-refractivity contribution in [1.29, 1.82) is 0 Å². The highest BCUT2D eigenvalue weighted by Gasteiger charge is 2.23. The number of carbonyl (C=O) groups excluding carboxylic acids is 4. The zero-order valence-electron chi connectivity index (χ0n) is 26.6. The smallest absolute Gasteiger partial charge is 0.341 e. The lowest BCUT2D eigenvalue weighted by Crippen LogP contribution is -2.30. The first-order chi connectivity index (χ1) is 23.7. The molecule has 1 heterocycles. The van der Waals surface area contributed by atoms with Gasteiger partial charge in [0.1, 0.15) is 16.3 Å². The Kier molecular flexibility index (Phi) is 12.0. The van der Waals surface area contributed by atoms with Crippen molar-refractivity contribution >= 4 is 75.2 Å². The molecule has 0 saturated heterocycles. The number of thiophene rings is 1. The second-order valence-corrected chi connectivity index (χ2v) is 13.1. The molecule has 0 aliphatic heterocycles. The summed E-state index contributed by atoms with van der Waals surface area (Å²) in [5, 5.41) is 11.2. The SMILES string of the molecule is CCOC(=O)c1c(-c2ccc(C)cc2)csc1NC(=O)CSc1cccc(NC(=O)/C(=C/c2cccc(Cl)c2)NC(=O)c2ccccc2)c1. The van der Waals surface area contributed by atoms with Gasteiger partial charge in [0.15, 0.2) is 0 Å². The van der Waals surface area contributed by atoms with E-state index in [1.807, 2.05) is 42.6 Å². The quantitative estimate of drug-likeness (QED) is 0.0679. The predicted molar refractivity (Wildman–Crippen MR) is 198 cm³/mol. The van der Waals surface area contributed by atoms with Crippen LogP contribution >= 0.6 is 34.7 Å². The Balaban J connectivity index is 1.27. The molecule has 0 fully saturated rings. The molecule has 0 aliphatic rings. The van der Waals surface area contributed by atoms with Gasteiger partial charge in [-0.2, -0.15) is 0 Å². The van der Waals surface area contributed by atoms with Crippen molar-refractivity contribution < 1.29 is 23.9 Å². The molecule has 0 spiro atoms. The third kappa shape index (κ3) is 9.70. The molecule has 0 bridgehead atoms. The number of rotatable bonds is 12. The van der Waals surface area contributed by atoms with Crippen LogP contribution in [0.25, 0.3) is 17.2 Å². The topological polar surface area (TPSA) is 114 Å². The van der Waals surface area contributed by atoms with Crippen molar-refractivity contribution in [3.63, 3.8) is 0 Å². The minimum absolute atomic E-state index is 0.0203. The number of aryl methyl sites for hydroxylation is 1. The zero-order chi connectivity index (χ0) is 34.8. The van der Waals surface area contributed by atoms with Crippen molar-refractivity contribution in [3.05, 3.63) is 141 Å². The molecule has 5 rings (SSSR count). The fourth-order valence-electron chi connectivity index (χ4n) is 4.68. The Morgan fingerprint density at radius 2 is 1.63 bits per heavy atom. The maximum atomic E-state index is 13.5. The molecule has 1 aromatic heterocycles. The van der Waals surface area contributed by atoms with Crippen LogP contribution in [-0.4, -0.2) is 36.1 Å². The van der Waals surface area contributed by atoms with E-state index >= 15 is 0 Å². The number of hydrogen-bond acceptors (Lipinski definition) is 7. The monoisotopic (exact) mass is 709 g/mol. The Morgan fingerprint density at radius 1 is 0.878 bits per heavy atom. The third-order valence-electron chi connectivity index (χ3n) is 7.04. The molecule has 3 amide bonds. The molecule has 49 heavy (non-hydrogen) atoms. The first-order valence-corrected chi connectivity index (χ1v) is 17.5. The number of carbonyl (C=O) groups is 4. The maximum absolute atomic E-state index is 13.5. The van der Waals surface area contributed by atoms with Crippen LogP contribution in [0, 0.1) is 6.92 Å². The summed E-state index contributed by atoms with van der Waals surface area (Å²) in [6.45, 7) is 3.92. The van der Waals surface area contributed by atoms with Crippen LogP contribution in [-0.2, 0) is 14.3 Å². The van der Waals surface area contributed by atoms with E-state index in [0.717, 1.165) is 16.0 Å². The minimum atomic E-state index is -0.544. The van der Waals surface area contributed by atoms with Gasteiger partial charge in [0.2, 0.25) is 5.91 Å². The number of nitrogens with one attached hydrogen (secondary N) is 3. The van der Waals surface area contributed by atoms with Crippen molar-refractivity contribution in [2.45, 2.75) is 18.7 Å². The largest absolute Gasteiger partial charge is 0.462 e.